The first kappa shape index (κ1) is 29.2. The second-order valence-corrected chi connectivity index (χ2v) is 11.8. The van der Waals surface area contributed by atoms with Gasteiger partial charge < -0.3 is 20.1 Å². The van der Waals surface area contributed by atoms with Crippen molar-refractivity contribution in [2.45, 2.75) is 123 Å². The lowest BCUT2D eigenvalue weighted by atomic mass is 9.60. The van der Waals surface area contributed by atoms with Crippen molar-refractivity contribution in [3.8, 4) is 11.8 Å². The minimum absolute atomic E-state index is 0.112. The molecular formula is C32H50O4. The summed E-state index contributed by atoms with van der Waals surface area (Å²) in [6.07, 6.45) is 11.9. The first-order chi connectivity index (χ1) is 17.1. The molecule has 7 unspecified atom stereocenters. The Balaban J connectivity index is 1.78. The van der Waals surface area contributed by atoms with Crippen LogP contribution in [0.15, 0.2) is 35.5 Å². The Morgan fingerprint density at radius 3 is 2.58 bits per heavy atom. The lowest BCUT2D eigenvalue weighted by Crippen LogP contribution is -2.39. The summed E-state index contributed by atoms with van der Waals surface area (Å²) in [5, 5.41) is 31.0. The van der Waals surface area contributed by atoms with Gasteiger partial charge in [0, 0.05) is 19.4 Å². The van der Waals surface area contributed by atoms with Crippen molar-refractivity contribution in [3.63, 3.8) is 0 Å². The molecule has 3 saturated carbocycles. The molecule has 0 bridgehead atoms. The van der Waals surface area contributed by atoms with Crippen LogP contribution in [-0.4, -0.2) is 45.8 Å². The molecule has 0 radical (unpaired) electrons. The molecule has 0 aromatic carbocycles. The van der Waals surface area contributed by atoms with Gasteiger partial charge in [-0.25, -0.2) is 0 Å². The highest BCUT2D eigenvalue weighted by atomic mass is 16.5. The van der Waals surface area contributed by atoms with Crippen molar-refractivity contribution in [2.75, 3.05) is 6.61 Å². The van der Waals surface area contributed by atoms with Crippen molar-refractivity contribution in [1.82, 2.24) is 0 Å². The average Bonchev–Trinajstić information content (AvgIpc) is 3.21. The predicted octanol–water partition coefficient (Wildman–Crippen LogP) is 6.11. The Labute approximate surface area is 219 Å². The van der Waals surface area contributed by atoms with E-state index in [2.05, 4.69) is 44.4 Å². The van der Waals surface area contributed by atoms with Crippen molar-refractivity contribution in [2.24, 2.45) is 23.2 Å². The molecule has 202 valence electrons. The van der Waals surface area contributed by atoms with E-state index in [-0.39, 0.29) is 11.5 Å². The third-order valence-corrected chi connectivity index (χ3v) is 9.74. The molecule has 3 fully saturated rings. The summed E-state index contributed by atoms with van der Waals surface area (Å²) in [5.41, 5.74) is 2.75. The van der Waals surface area contributed by atoms with Gasteiger partial charge in [0.15, 0.2) is 0 Å². The quantitative estimate of drug-likeness (QED) is 0.353. The monoisotopic (exact) mass is 498 g/mol. The van der Waals surface area contributed by atoms with E-state index in [1.807, 2.05) is 20.8 Å². The molecule has 4 nitrogen and oxygen atoms in total. The highest BCUT2D eigenvalue weighted by Gasteiger charge is 2.51. The van der Waals surface area contributed by atoms with Crippen molar-refractivity contribution in [3.05, 3.63) is 35.5 Å². The molecule has 3 aliphatic rings. The Bertz CT molecular complexity index is 886. The van der Waals surface area contributed by atoms with Crippen LogP contribution >= 0.6 is 0 Å². The molecule has 3 rings (SSSR count). The molecule has 0 spiro atoms. The summed E-state index contributed by atoms with van der Waals surface area (Å²) < 4.78 is 6.17. The smallest absolute Gasteiger partial charge is 0.121 e. The van der Waals surface area contributed by atoms with Crippen molar-refractivity contribution < 1.29 is 20.1 Å². The SMILES string of the molecule is C=C1/C(=C\C=C2/CCCC3(C)C2CCC3C(C)C(C#CCC(O)(CC)CC)OCC)CC(O)CC1O. The minimum Gasteiger partial charge on any atom is -0.393 e. The van der Waals surface area contributed by atoms with Crippen molar-refractivity contribution in [1.29, 1.82) is 0 Å². The highest BCUT2D eigenvalue weighted by Crippen LogP contribution is 2.60. The summed E-state index contributed by atoms with van der Waals surface area (Å²) in [6, 6.07) is 0. The Morgan fingerprint density at radius 2 is 1.92 bits per heavy atom. The molecule has 0 amide bonds. The maximum absolute atomic E-state index is 10.6. The van der Waals surface area contributed by atoms with Crippen LogP contribution in [-0.2, 0) is 4.74 Å². The van der Waals surface area contributed by atoms with Gasteiger partial charge >= 0.3 is 0 Å². The summed E-state index contributed by atoms with van der Waals surface area (Å²) >= 11 is 0. The van der Waals surface area contributed by atoms with Gasteiger partial charge in [0.2, 0.25) is 0 Å². The van der Waals surface area contributed by atoms with Crippen LogP contribution in [0.4, 0.5) is 0 Å². The zero-order valence-electron chi connectivity index (χ0n) is 23.4. The van der Waals surface area contributed by atoms with E-state index in [1.165, 1.54) is 31.3 Å². The number of fused-ring (bicyclic) bond motifs is 1. The molecule has 0 aromatic heterocycles. The van der Waals surface area contributed by atoms with Crippen LogP contribution in [0.1, 0.15) is 98.8 Å². The first-order valence-corrected chi connectivity index (χ1v) is 14.4. The fourth-order valence-electron chi connectivity index (χ4n) is 7.14. The predicted molar refractivity (Wildman–Crippen MR) is 147 cm³/mol. The number of allylic oxidation sites excluding steroid dienone is 3. The van der Waals surface area contributed by atoms with Gasteiger partial charge in [-0.2, -0.15) is 0 Å². The van der Waals surface area contributed by atoms with E-state index >= 15 is 0 Å². The molecule has 0 aromatic rings. The third-order valence-electron chi connectivity index (χ3n) is 9.74. The lowest BCUT2D eigenvalue weighted by molar-refractivity contribution is 0.00484. The maximum Gasteiger partial charge on any atom is 0.121 e. The molecular weight excluding hydrogens is 448 g/mol. The largest absolute Gasteiger partial charge is 0.393 e. The molecule has 36 heavy (non-hydrogen) atoms. The zero-order valence-corrected chi connectivity index (χ0v) is 23.4. The number of hydrogen-bond donors (Lipinski definition) is 3. The number of hydrogen-bond acceptors (Lipinski definition) is 4. The average molecular weight is 499 g/mol. The number of ether oxygens (including phenoxy) is 1. The number of aliphatic hydroxyl groups is 3. The van der Waals surface area contributed by atoms with Crippen LogP contribution in [0.3, 0.4) is 0 Å². The molecule has 7 atom stereocenters. The fourth-order valence-corrected chi connectivity index (χ4v) is 7.14. The molecule has 0 saturated heterocycles. The summed E-state index contributed by atoms with van der Waals surface area (Å²) in [4.78, 5) is 0. The molecule has 3 aliphatic carbocycles. The first-order valence-electron chi connectivity index (χ1n) is 14.4. The van der Waals surface area contributed by atoms with Crippen LogP contribution in [0.25, 0.3) is 0 Å². The van der Waals surface area contributed by atoms with E-state index < -0.39 is 17.8 Å². The van der Waals surface area contributed by atoms with Crippen LogP contribution in [0.5, 0.6) is 0 Å². The van der Waals surface area contributed by atoms with Gasteiger partial charge in [-0.3, -0.25) is 0 Å². The third kappa shape index (κ3) is 6.36. The second-order valence-electron chi connectivity index (χ2n) is 11.8. The Morgan fingerprint density at radius 1 is 1.19 bits per heavy atom. The number of aliphatic hydroxyl groups excluding tert-OH is 2. The maximum atomic E-state index is 10.6. The number of rotatable bonds is 8. The minimum atomic E-state index is -0.704. The highest BCUT2D eigenvalue weighted by molar-refractivity contribution is 5.38. The lowest BCUT2D eigenvalue weighted by Gasteiger charge is -2.45. The van der Waals surface area contributed by atoms with Gasteiger partial charge in [-0.15, -0.1) is 0 Å². The summed E-state index contributed by atoms with van der Waals surface area (Å²) in [5.74, 6) is 8.10. The van der Waals surface area contributed by atoms with E-state index in [0.717, 1.165) is 17.6 Å². The normalized spacial score (nSPS) is 34.8. The fraction of sp³-hybridized carbons (Fsp3) is 0.750. The zero-order chi connectivity index (χ0) is 26.5. The van der Waals surface area contributed by atoms with E-state index in [4.69, 9.17) is 4.74 Å². The van der Waals surface area contributed by atoms with Gasteiger partial charge in [0.1, 0.15) is 6.10 Å². The van der Waals surface area contributed by atoms with Crippen molar-refractivity contribution >= 4 is 0 Å². The standard InChI is InChI=1S/C32H50O4/c1-7-32(35,8-2)19-11-13-30(36-9-3)23(5)27-16-17-28-24(12-10-18-31(27,28)6)14-15-25-20-26(33)21-29(34)22(25)4/h14-15,23,26-30,33-35H,4,7-10,12,16-21H2,1-3,5-6H3/b24-14+,25-15-. The molecule has 4 heteroatoms. The second kappa shape index (κ2) is 12.4. The Hall–Kier alpha value is -1.38. The van der Waals surface area contributed by atoms with E-state index in [1.54, 1.807) is 0 Å². The topological polar surface area (TPSA) is 69.9 Å². The molecule has 0 aliphatic heterocycles. The van der Waals surface area contributed by atoms with Crippen LogP contribution < -0.4 is 0 Å². The molecule has 3 N–H and O–H groups in total. The van der Waals surface area contributed by atoms with Gasteiger partial charge in [0.05, 0.1) is 17.8 Å². The van der Waals surface area contributed by atoms with Crippen LogP contribution in [0.2, 0.25) is 0 Å². The molecule has 0 heterocycles. The van der Waals surface area contributed by atoms with Gasteiger partial charge in [0.25, 0.3) is 0 Å². The van der Waals surface area contributed by atoms with Gasteiger partial charge in [-0.05, 0) is 92.6 Å². The summed E-state index contributed by atoms with van der Waals surface area (Å²) in [6.45, 7) is 15.6. The summed E-state index contributed by atoms with van der Waals surface area (Å²) in [7, 11) is 0. The Kier molecular flexibility index (Phi) is 10.1. The van der Waals surface area contributed by atoms with E-state index in [0.29, 0.717) is 56.5 Å². The van der Waals surface area contributed by atoms with Gasteiger partial charge in [-0.1, -0.05) is 63.8 Å². The van der Waals surface area contributed by atoms with Crippen LogP contribution in [0, 0.1) is 35.0 Å². The van der Waals surface area contributed by atoms with E-state index in [9.17, 15) is 15.3 Å².